The van der Waals surface area contributed by atoms with Crippen molar-refractivity contribution in [2.45, 2.75) is 59.4 Å². The highest BCUT2D eigenvalue weighted by atomic mass is 15.1. The van der Waals surface area contributed by atoms with Crippen molar-refractivity contribution >= 4 is 0 Å². The molecule has 0 aromatic rings. The zero-order chi connectivity index (χ0) is 12.7. The Kier molecular flexibility index (Phi) is 7.14. The Morgan fingerprint density at radius 2 is 1.82 bits per heavy atom. The lowest BCUT2D eigenvalue weighted by Crippen LogP contribution is -2.36. The molecule has 1 saturated heterocycles. The fraction of sp³-hybridized carbons (Fsp3) is 1.00. The number of likely N-dealkylation sites (tertiary alicyclic amines) is 1. The SMILES string of the molecule is CC(C)CC(C)NCCCN1CCC(C)CC1. The van der Waals surface area contributed by atoms with Crippen LogP contribution in [0.15, 0.2) is 0 Å². The van der Waals surface area contributed by atoms with Gasteiger partial charge < -0.3 is 10.2 Å². The monoisotopic (exact) mass is 240 g/mol. The summed E-state index contributed by atoms with van der Waals surface area (Å²) in [4.78, 5) is 2.63. The molecule has 2 nitrogen and oxygen atoms in total. The molecule has 0 spiro atoms. The van der Waals surface area contributed by atoms with Gasteiger partial charge in [0, 0.05) is 6.04 Å². The van der Waals surface area contributed by atoms with Crippen LogP contribution < -0.4 is 5.32 Å². The average Bonchev–Trinajstić information content (AvgIpc) is 2.26. The van der Waals surface area contributed by atoms with Crippen molar-refractivity contribution in [2.24, 2.45) is 11.8 Å². The summed E-state index contributed by atoms with van der Waals surface area (Å²) in [5.74, 6) is 1.76. The van der Waals surface area contributed by atoms with E-state index in [2.05, 4.69) is 37.9 Å². The predicted octanol–water partition coefficient (Wildman–Crippen LogP) is 3.13. The van der Waals surface area contributed by atoms with Crippen molar-refractivity contribution in [1.82, 2.24) is 10.2 Å². The largest absolute Gasteiger partial charge is 0.314 e. The van der Waals surface area contributed by atoms with Crippen LogP contribution in [0.4, 0.5) is 0 Å². The van der Waals surface area contributed by atoms with Gasteiger partial charge in [-0.2, -0.15) is 0 Å². The van der Waals surface area contributed by atoms with Gasteiger partial charge in [0.1, 0.15) is 0 Å². The van der Waals surface area contributed by atoms with Crippen LogP contribution in [0.5, 0.6) is 0 Å². The minimum absolute atomic E-state index is 0.677. The van der Waals surface area contributed by atoms with E-state index in [1.165, 1.54) is 51.9 Å². The first kappa shape index (κ1) is 15.0. The number of hydrogen-bond donors (Lipinski definition) is 1. The molecule has 1 N–H and O–H groups in total. The summed E-state index contributed by atoms with van der Waals surface area (Å²) in [7, 11) is 0. The summed E-state index contributed by atoms with van der Waals surface area (Å²) in [5, 5.41) is 3.64. The number of piperidine rings is 1. The molecule has 1 unspecified atom stereocenters. The molecule has 1 heterocycles. The Bertz CT molecular complexity index is 183. The number of rotatable bonds is 7. The molecule has 1 rings (SSSR count). The van der Waals surface area contributed by atoms with Crippen LogP contribution in [0.1, 0.15) is 53.4 Å². The van der Waals surface area contributed by atoms with Crippen molar-refractivity contribution in [2.75, 3.05) is 26.2 Å². The summed E-state index contributed by atoms with van der Waals surface area (Å²) in [6.45, 7) is 14.4. The fourth-order valence-electron chi connectivity index (χ4n) is 2.73. The quantitative estimate of drug-likeness (QED) is 0.688. The Labute approximate surface area is 108 Å². The lowest BCUT2D eigenvalue weighted by Gasteiger charge is -2.30. The van der Waals surface area contributed by atoms with E-state index in [1.54, 1.807) is 0 Å². The number of nitrogens with zero attached hydrogens (tertiary/aromatic N) is 1. The second-order valence-corrected chi connectivity index (χ2v) is 6.36. The van der Waals surface area contributed by atoms with Crippen molar-refractivity contribution in [3.8, 4) is 0 Å². The first-order chi connectivity index (χ1) is 8.08. The second kappa shape index (κ2) is 8.10. The van der Waals surface area contributed by atoms with Gasteiger partial charge in [0.2, 0.25) is 0 Å². The van der Waals surface area contributed by atoms with E-state index in [0.717, 1.165) is 11.8 Å². The highest BCUT2D eigenvalue weighted by molar-refractivity contribution is 4.70. The molecular weight excluding hydrogens is 208 g/mol. The Balaban J connectivity index is 1.97. The number of hydrogen-bond acceptors (Lipinski definition) is 2. The van der Waals surface area contributed by atoms with Crippen molar-refractivity contribution in [3.05, 3.63) is 0 Å². The highest BCUT2D eigenvalue weighted by Crippen LogP contribution is 2.15. The Hall–Kier alpha value is -0.0800. The van der Waals surface area contributed by atoms with Gasteiger partial charge in [0.15, 0.2) is 0 Å². The third-order valence-corrected chi connectivity index (χ3v) is 3.85. The molecule has 1 aliphatic heterocycles. The molecular formula is C15H32N2. The van der Waals surface area contributed by atoms with Gasteiger partial charge in [-0.25, -0.2) is 0 Å². The average molecular weight is 240 g/mol. The molecule has 2 heteroatoms. The zero-order valence-corrected chi connectivity index (χ0v) is 12.3. The third-order valence-electron chi connectivity index (χ3n) is 3.85. The molecule has 0 aliphatic carbocycles. The van der Waals surface area contributed by atoms with Crippen molar-refractivity contribution in [1.29, 1.82) is 0 Å². The fourth-order valence-corrected chi connectivity index (χ4v) is 2.73. The Morgan fingerprint density at radius 3 is 2.41 bits per heavy atom. The van der Waals surface area contributed by atoms with Crippen LogP contribution in [0.3, 0.4) is 0 Å². The maximum absolute atomic E-state index is 3.64. The van der Waals surface area contributed by atoms with E-state index in [1.807, 2.05) is 0 Å². The third kappa shape index (κ3) is 7.05. The molecule has 1 atom stereocenters. The summed E-state index contributed by atoms with van der Waals surface area (Å²) >= 11 is 0. The van der Waals surface area contributed by atoms with Gasteiger partial charge in [-0.15, -0.1) is 0 Å². The molecule has 0 aromatic carbocycles. The van der Waals surface area contributed by atoms with E-state index in [9.17, 15) is 0 Å². The molecule has 102 valence electrons. The smallest absolute Gasteiger partial charge is 0.00411 e. The van der Waals surface area contributed by atoms with E-state index in [-0.39, 0.29) is 0 Å². The molecule has 0 aromatic heterocycles. The van der Waals surface area contributed by atoms with Gasteiger partial charge in [-0.1, -0.05) is 20.8 Å². The van der Waals surface area contributed by atoms with Gasteiger partial charge in [-0.3, -0.25) is 0 Å². The molecule has 0 saturated carbocycles. The lowest BCUT2D eigenvalue weighted by atomic mass is 9.99. The normalized spacial score (nSPS) is 21.0. The zero-order valence-electron chi connectivity index (χ0n) is 12.3. The highest BCUT2D eigenvalue weighted by Gasteiger charge is 2.14. The minimum Gasteiger partial charge on any atom is -0.314 e. The molecule has 0 bridgehead atoms. The maximum atomic E-state index is 3.64. The van der Waals surface area contributed by atoms with Crippen molar-refractivity contribution < 1.29 is 0 Å². The number of nitrogens with one attached hydrogen (secondary N) is 1. The second-order valence-electron chi connectivity index (χ2n) is 6.36. The van der Waals surface area contributed by atoms with E-state index < -0.39 is 0 Å². The van der Waals surface area contributed by atoms with Crippen LogP contribution in [0, 0.1) is 11.8 Å². The first-order valence-electron chi connectivity index (χ1n) is 7.53. The van der Waals surface area contributed by atoms with Crippen LogP contribution in [0.25, 0.3) is 0 Å². The van der Waals surface area contributed by atoms with Gasteiger partial charge in [-0.05, 0) is 70.6 Å². The molecule has 1 aliphatic rings. The predicted molar refractivity (Wildman–Crippen MR) is 76.4 cm³/mol. The van der Waals surface area contributed by atoms with Gasteiger partial charge >= 0.3 is 0 Å². The van der Waals surface area contributed by atoms with Crippen LogP contribution in [-0.4, -0.2) is 37.1 Å². The molecule has 0 amide bonds. The van der Waals surface area contributed by atoms with Crippen LogP contribution in [0.2, 0.25) is 0 Å². The van der Waals surface area contributed by atoms with Crippen molar-refractivity contribution in [3.63, 3.8) is 0 Å². The van der Waals surface area contributed by atoms with Crippen LogP contribution in [-0.2, 0) is 0 Å². The van der Waals surface area contributed by atoms with Crippen LogP contribution >= 0.6 is 0 Å². The standard InChI is InChI=1S/C15H32N2/c1-13(2)12-15(4)16-8-5-9-17-10-6-14(3)7-11-17/h13-16H,5-12H2,1-4H3. The van der Waals surface area contributed by atoms with Gasteiger partial charge in [0.05, 0.1) is 0 Å². The van der Waals surface area contributed by atoms with E-state index >= 15 is 0 Å². The Morgan fingerprint density at radius 1 is 1.18 bits per heavy atom. The van der Waals surface area contributed by atoms with Gasteiger partial charge in [0.25, 0.3) is 0 Å². The molecule has 17 heavy (non-hydrogen) atoms. The lowest BCUT2D eigenvalue weighted by molar-refractivity contribution is 0.189. The topological polar surface area (TPSA) is 15.3 Å². The van der Waals surface area contributed by atoms with E-state index in [0.29, 0.717) is 6.04 Å². The maximum Gasteiger partial charge on any atom is 0.00411 e. The molecule has 1 fully saturated rings. The minimum atomic E-state index is 0.677. The first-order valence-corrected chi connectivity index (χ1v) is 7.53. The summed E-state index contributed by atoms with van der Waals surface area (Å²) in [5.41, 5.74) is 0. The summed E-state index contributed by atoms with van der Waals surface area (Å²) in [6, 6.07) is 0.677. The molecule has 0 radical (unpaired) electrons. The summed E-state index contributed by atoms with van der Waals surface area (Å²) < 4.78 is 0. The summed E-state index contributed by atoms with van der Waals surface area (Å²) in [6.07, 6.45) is 5.40. The van der Waals surface area contributed by atoms with E-state index in [4.69, 9.17) is 0 Å².